The lowest BCUT2D eigenvalue weighted by molar-refractivity contribution is -0.131. The lowest BCUT2D eigenvalue weighted by atomic mass is 9.93. The van der Waals surface area contributed by atoms with Gasteiger partial charge in [0.1, 0.15) is 0 Å². The lowest BCUT2D eigenvalue weighted by Crippen LogP contribution is -2.40. The molecule has 1 aliphatic heterocycles. The van der Waals surface area contributed by atoms with Crippen molar-refractivity contribution < 1.29 is 9.59 Å². The third-order valence-corrected chi connectivity index (χ3v) is 7.05. The van der Waals surface area contributed by atoms with Crippen molar-refractivity contribution in [3.8, 4) is 0 Å². The van der Waals surface area contributed by atoms with Gasteiger partial charge in [-0.05, 0) is 50.0 Å². The Labute approximate surface area is 176 Å². The molecule has 5 nitrogen and oxygen atoms in total. The largest absolute Gasteiger partial charge is 0.342 e. The summed E-state index contributed by atoms with van der Waals surface area (Å²) in [5.74, 6) is 0.583. The quantitative estimate of drug-likeness (QED) is 0.749. The van der Waals surface area contributed by atoms with Crippen molar-refractivity contribution in [3.05, 3.63) is 46.5 Å². The van der Waals surface area contributed by atoms with Gasteiger partial charge in [-0.25, -0.2) is 4.98 Å². The highest BCUT2D eigenvalue weighted by atomic mass is 32.1. The van der Waals surface area contributed by atoms with Crippen LogP contribution in [0.15, 0.2) is 30.3 Å². The first kappa shape index (κ1) is 20.1. The van der Waals surface area contributed by atoms with Crippen LogP contribution in [0.4, 0.5) is 5.13 Å². The van der Waals surface area contributed by atoms with Crippen molar-refractivity contribution in [2.24, 2.45) is 5.92 Å². The number of amides is 2. The molecule has 0 radical (unpaired) electrons. The second-order valence-corrected chi connectivity index (χ2v) is 9.27. The predicted molar refractivity (Wildman–Crippen MR) is 116 cm³/mol. The Bertz CT molecular complexity index is 818. The molecule has 1 N–H and O–H groups in total. The number of carbonyl (C=O) groups excluding carboxylic acids is 2. The number of anilines is 1. The van der Waals surface area contributed by atoms with Crippen molar-refractivity contribution in [2.75, 3.05) is 18.4 Å². The number of hydrogen-bond donors (Lipinski definition) is 1. The van der Waals surface area contributed by atoms with Crippen molar-refractivity contribution in [2.45, 2.75) is 57.8 Å². The Morgan fingerprint density at radius 2 is 1.83 bits per heavy atom. The average molecular weight is 412 g/mol. The molecule has 154 valence electrons. The van der Waals surface area contributed by atoms with Crippen molar-refractivity contribution in [3.63, 3.8) is 0 Å². The molecule has 0 saturated carbocycles. The van der Waals surface area contributed by atoms with E-state index in [9.17, 15) is 9.59 Å². The van der Waals surface area contributed by atoms with E-state index < -0.39 is 0 Å². The Kier molecular flexibility index (Phi) is 6.60. The second-order valence-electron chi connectivity index (χ2n) is 8.19. The minimum Gasteiger partial charge on any atom is -0.342 e. The molecule has 2 heterocycles. The molecule has 1 aromatic heterocycles. The molecule has 0 bridgehead atoms. The van der Waals surface area contributed by atoms with Gasteiger partial charge < -0.3 is 10.2 Å². The van der Waals surface area contributed by atoms with Gasteiger partial charge in [0.05, 0.1) is 12.1 Å². The van der Waals surface area contributed by atoms with Crippen LogP contribution in [0.25, 0.3) is 0 Å². The third-order valence-electron chi connectivity index (χ3n) is 5.98. The summed E-state index contributed by atoms with van der Waals surface area (Å²) in [6.07, 6.45) is 8.60. The highest BCUT2D eigenvalue weighted by Gasteiger charge is 2.25. The van der Waals surface area contributed by atoms with E-state index in [2.05, 4.69) is 10.3 Å². The smallest absolute Gasteiger partial charge is 0.226 e. The van der Waals surface area contributed by atoms with Crippen LogP contribution in [-0.2, 0) is 28.9 Å². The number of nitrogens with zero attached hydrogens (tertiary/aromatic N) is 2. The van der Waals surface area contributed by atoms with Gasteiger partial charge in [0.25, 0.3) is 0 Å². The van der Waals surface area contributed by atoms with Crippen LogP contribution in [-0.4, -0.2) is 34.8 Å². The minimum atomic E-state index is 0.0583. The van der Waals surface area contributed by atoms with E-state index in [1.807, 2.05) is 35.2 Å². The summed E-state index contributed by atoms with van der Waals surface area (Å²) in [6.45, 7) is 1.49. The summed E-state index contributed by atoms with van der Waals surface area (Å²) >= 11 is 1.65. The minimum absolute atomic E-state index is 0.0583. The number of aromatic nitrogens is 1. The van der Waals surface area contributed by atoms with Crippen LogP contribution < -0.4 is 5.32 Å². The van der Waals surface area contributed by atoms with Crippen LogP contribution >= 0.6 is 11.3 Å². The van der Waals surface area contributed by atoms with Crippen molar-refractivity contribution in [1.82, 2.24) is 9.88 Å². The molecule has 1 fully saturated rings. The van der Waals surface area contributed by atoms with Crippen molar-refractivity contribution in [1.29, 1.82) is 0 Å². The van der Waals surface area contributed by atoms with Crippen LogP contribution in [0.1, 0.15) is 54.7 Å². The Morgan fingerprint density at radius 3 is 2.62 bits per heavy atom. The monoisotopic (exact) mass is 411 g/mol. The number of likely N-dealkylation sites (tertiary alicyclic amines) is 1. The predicted octanol–water partition coefficient (Wildman–Crippen LogP) is 4.22. The van der Waals surface area contributed by atoms with E-state index in [1.54, 1.807) is 11.3 Å². The number of rotatable bonds is 5. The number of piperidine rings is 1. The fraction of sp³-hybridized carbons (Fsp3) is 0.522. The average Bonchev–Trinajstić information content (AvgIpc) is 2.97. The van der Waals surface area contributed by atoms with Gasteiger partial charge in [-0.1, -0.05) is 36.8 Å². The van der Waals surface area contributed by atoms with Crippen molar-refractivity contribution >= 4 is 28.3 Å². The molecular formula is C23H29N3O2S. The number of hydrogen-bond acceptors (Lipinski definition) is 4. The van der Waals surface area contributed by atoms with Gasteiger partial charge in [0.15, 0.2) is 5.13 Å². The summed E-state index contributed by atoms with van der Waals surface area (Å²) in [5, 5.41) is 3.78. The Morgan fingerprint density at radius 1 is 1.07 bits per heavy atom. The van der Waals surface area contributed by atoms with E-state index in [-0.39, 0.29) is 11.8 Å². The number of aryl methyl sites for hydroxylation is 2. The maximum absolute atomic E-state index is 12.5. The van der Waals surface area contributed by atoms with Crippen LogP contribution in [0.3, 0.4) is 0 Å². The van der Waals surface area contributed by atoms with Gasteiger partial charge in [0.2, 0.25) is 11.8 Å². The molecule has 6 heteroatoms. The number of benzene rings is 1. The Balaban J connectivity index is 1.22. The fourth-order valence-electron chi connectivity index (χ4n) is 4.28. The van der Waals surface area contributed by atoms with Gasteiger partial charge in [0, 0.05) is 24.4 Å². The zero-order valence-corrected chi connectivity index (χ0v) is 17.7. The normalized spacial score (nSPS) is 17.4. The first-order chi connectivity index (χ1) is 14.2. The molecule has 1 aliphatic carbocycles. The van der Waals surface area contributed by atoms with Gasteiger partial charge in [-0.2, -0.15) is 0 Å². The summed E-state index contributed by atoms with van der Waals surface area (Å²) in [6, 6.07) is 9.88. The maximum atomic E-state index is 12.5. The number of fused-ring (bicyclic) bond motifs is 1. The summed E-state index contributed by atoms with van der Waals surface area (Å²) in [5.41, 5.74) is 2.24. The molecule has 4 rings (SSSR count). The highest BCUT2D eigenvalue weighted by Crippen LogP contribution is 2.29. The third kappa shape index (κ3) is 5.44. The molecule has 1 aromatic carbocycles. The highest BCUT2D eigenvalue weighted by molar-refractivity contribution is 7.15. The molecule has 0 spiro atoms. The zero-order chi connectivity index (χ0) is 20.1. The Hall–Kier alpha value is -2.21. The maximum Gasteiger partial charge on any atom is 0.226 e. The molecule has 2 aromatic rings. The molecule has 0 atom stereocenters. The van der Waals surface area contributed by atoms with Crippen LogP contribution in [0, 0.1) is 5.92 Å². The number of carbonyl (C=O) groups is 2. The van der Waals surface area contributed by atoms with Crippen LogP contribution in [0.5, 0.6) is 0 Å². The van der Waals surface area contributed by atoms with Gasteiger partial charge in [-0.15, -0.1) is 11.3 Å². The van der Waals surface area contributed by atoms with E-state index in [0.717, 1.165) is 49.5 Å². The molecule has 29 heavy (non-hydrogen) atoms. The topological polar surface area (TPSA) is 62.3 Å². The first-order valence-corrected chi connectivity index (χ1v) is 11.6. The van der Waals surface area contributed by atoms with E-state index in [0.29, 0.717) is 18.8 Å². The SMILES string of the molecule is O=C(CC1CCN(C(=O)Cc2ccccc2)CC1)Nc1nc2c(s1)CCCCC2. The molecule has 2 aliphatic rings. The summed E-state index contributed by atoms with van der Waals surface area (Å²) in [7, 11) is 0. The first-order valence-electron chi connectivity index (χ1n) is 10.8. The van der Waals surface area contributed by atoms with Gasteiger partial charge >= 0.3 is 0 Å². The summed E-state index contributed by atoms with van der Waals surface area (Å²) in [4.78, 5) is 32.9. The molecular weight excluding hydrogens is 382 g/mol. The molecule has 1 saturated heterocycles. The van der Waals surface area contributed by atoms with E-state index >= 15 is 0 Å². The lowest BCUT2D eigenvalue weighted by Gasteiger charge is -2.31. The van der Waals surface area contributed by atoms with E-state index in [1.165, 1.54) is 29.8 Å². The fourth-order valence-corrected chi connectivity index (χ4v) is 5.35. The molecule has 2 amide bonds. The summed E-state index contributed by atoms with van der Waals surface area (Å²) < 4.78 is 0. The molecule has 0 unspecified atom stereocenters. The number of thiazole rings is 1. The second kappa shape index (κ2) is 9.53. The van der Waals surface area contributed by atoms with Crippen LogP contribution in [0.2, 0.25) is 0 Å². The van der Waals surface area contributed by atoms with Gasteiger partial charge in [-0.3, -0.25) is 9.59 Å². The zero-order valence-electron chi connectivity index (χ0n) is 16.9. The van der Waals surface area contributed by atoms with E-state index in [4.69, 9.17) is 0 Å². The standard InChI is InChI=1S/C23H29N3O2S/c27-21(25-23-24-19-9-5-2-6-10-20(19)29-23)15-18-11-13-26(14-12-18)22(28)16-17-7-3-1-4-8-17/h1,3-4,7-8,18H,2,5-6,9-16H2,(H,24,25,27). The number of nitrogens with one attached hydrogen (secondary N) is 1.